The minimum absolute atomic E-state index is 0.193. The molecule has 0 aromatic carbocycles. The number of hydrogen-bond donors (Lipinski definition) is 2. The number of aliphatic hydroxyl groups excluding tert-OH is 1. The smallest absolute Gasteiger partial charge is 0.396 e. The Morgan fingerprint density at radius 2 is 2.11 bits per heavy atom. The Kier molecular flexibility index (Phi) is 3.38. The lowest BCUT2D eigenvalue weighted by atomic mass is 10.6. The van der Waals surface area contributed by atoms with Gasteiger partial charge in [0.15, 0.2) is 0 Å². The van der Waals surface area contributed by atoms with Gasteiger partial charge >= 0.3 is 11.9 Å². The van der Waals surface area contributed by atoms with E-state index in [1.165, 1.54) is 0 Å². The first-order valence-corrected chi connectivity index (χ1v) is 2.26. The Morgan fingerprint density at radius 1 is 1.56 bits per heavy atom. The third kappa shape index (κ3) is 3.48. The van der Waals surface area contributed by atoms with Gasteiger partial charge in [-0.05, 0) is 0 Å². The molecule has 0 aliphatic carbocycles. The van der Waals surface area contributed by atoms with Crippen molar-refractivity contribution >= 4 is 11.9 Å². The lowest BCUT2D eigenvalue weighted by molar-refractivity contribution is -0.154. The first-order valence-electron chi connectivity index (χ1n) is 2.26. The number of hydrogen-bond acceptors (Lipinski definition) is 4. The highest BCUT2D eigenvalue weighted by Gasteiger charge is 2.07. The van der Waals surface area contributed by atoms with Crippen LogP contribution in [0.2, 0.25) is 0 Å². The molecule has 0 heterocycles. The quantitative estimate of drug-likeness (QED) is 0.337. The van der Waals surface area contributed by atoms with Gasteiger partial charge in [-0.15, -0.1) is 0 Å². The second-order valence-corrected chi connectivity index (χ2v) is 1.22. The van der Waals surface area contributed by atoms with E-state index in [2.05, 4.69) is 10.5 Å². The van der Waals surface area contributed by atoms with Crippen LogP contribution in [-0.4, -0.2) is 30.2 Å². The zero-order chi connectivity index (χ0) is 7.28. The van der Waals surface area contributed by atoms with Gasteiger partial charge in [-0.3, -0.25) is 4.79 Å². The molecule has 9 heavy (non-hydrogen) atoms. The van der Waals surface area contributed by atoms with Gasteiger partial charge in [0.2, 0.25) is 0 Å². The second kappa shape index (κ2) is 3.85. The fraction of sp³-hybridized carbons (Fsp3) is 0.500. The number of ether oxygens (including phenoxy) is 1. The van der Waals surface area contributed by atoms with Crippen LogP contribution in [0.1, 0.15) is 0 Å². The summed E-state index contributed by atoms with van der Waals surface area (Å²) in [7, 11) is 0. The highest BCUT2D eigenvalue weighted by molar-refractivity contribution is 6.31. The number of rotatable bonds is 2. The van der Waals surface area contributed by atoms with Gasteiger partial charge < -0.3 is 15.6 Å². The van der Waals surface area contributed by atoms with Crippen molar-refractivity contribution in [3.05, 3.63) is 0 Å². The van der Waals surface area contributed by atoms with Crippen molar-refractivity contribution in [1.29, 1.82) is 0 Å². The van der Waals surface area contributed by atoms with E-state index >= 15 is 0 Å². The van der Waals surface area contributed by atoms with Crippen molar-refractivity contribution in [1.82, 2.24) is 0 Å². The molecule has 0 aliphatic rings. The molecule has 0 bridgehead atoms. The molecule has 3 N–H and O–H groups in total. The van der Waals surface area contributed by atoms with E-state index in [0.29, 0.717) is 0 Å². The highest BCUT2D eigenvalue weighted by Crippen LogP contribution is 1.73. The van der Waals surface area contributed by atoms with Gasteiger partial charge in [-0.2, -0.15) is 0 Å². The highest BCUT2D eigenvalue weighted by atomic mass is 16.5. The summed E-state index contributed by atoms with van der Waals surface area (Å²) < 4.78 is 4.09. The third-order valence-corrected chi connectivity index (χ3v) is 0.526. The summed E-state index contributed by atoms with van der Waals surface area (Å²) in [6, 6.07) is 0. The van der Waals surface area contributed by atoms with E-state index in [4.69, 9.17) is 5.11 Å². The Bertz CT molecular complexity index is 122. The number of esters is 1. The number of carbonyl (C=O) groups excluding carboxylic acids is 2. The number of primary amides is 1. The number of aliphatic hydroxyl groups is 1. The Labute approximate surface area is 51.4 Å². The molecule has 0 aromatic heterocycles. The van der Waals surface area contributed by atoms with E-state index in [-0.39, 0.29) is 13.2 Å². The molecule has 0 unspecified atom stereocenters. The Morgan fingerprint density at radius 3 is 2.44 bits per heavy atom. The van der Waals surface area contributed by atoms with Crippen LogP contribution in [-0.2, 0) is 14.3 Å². The SMILES string of the molecule is NC(=O)C(=O)OCCO. The Hall–Kier alpha value is -1.10. The summed E-state index contributed by atoms with van der Waals surface area (Å²) in [6.45, 7) is -0.499. The van der Waals surface area contributed by atoms with Crippen molar-refractivity contribution in [3.8, 4) is 0 Å². The standard InChI is InChI=1S/C4H7NO4/c5-3(7)4(8)9-2-1-6/h6H,1-2H2,(H2,5,7). The van der Waals surface area contributed by atoms with Crippen molar-refractivity contribution in [2.45, 2.75) is 0 Å². The van der Waals surface area contributed by atoms with Crippen molar-refractivity contribution in [2.24, 2.45) is 5.73 Å². The number of carbonyl (C=O) groups is 2. The predicted octanol–water partition coefficient (Wildman–Crippen LogP) is -1.99. The van der Waals surface area contributed by atoms with Gasteiger partial charge in [-0.25, -0.2) is 4.79 Å². The minimum atomic E-state index is -1.15. The molecular formula is C4H7NO4. The van der Waals surface area contributed by atoms with Gasteiger partial charge in [0.05, 0.1) is 6.61 Å². The molecule has 5 heteroatoms. The normalized spacial score (nSPS) is 8.56. The molecule has 0 saturated carbocycles. The van der Waals surface area contributed by atoms with Crippen LogP contribution in [0.15, 0.2) is 0 Å². The summed E-state index contributed by atoms with van der Waals surface area (Å²) in [6.07, 6.45) is 0. The van der Waals surface area contributed by atoms with Crippen molar-refractivity contribution < 1.29 is 19.4 Å². The van der Waals surface area contributed by atoms with E-state index < -0.39 is 11.9 Å². The van der Waals surface area contributed by atoms with E-state index in [1.807, 2.05) is 0 Å². The topological polar surface area (TPSA) is 89.6 Å². The van der Waals surface area contributed by atoms with Gasteiger partial charge in [0, 0.05) is 0 Å². The first kappa shape index (κ1) is 7.90. The Balaban J connectivity index is 3.39. The molecule has 1 amide bonds. The van der Waals surface area contributed by atoms with Crippen LogP contribution >= 0.6 is 0 Å². The minimum Gasteiger partial charge on any atom is -0.456 e. The van der Waals surface area contributed by atoms with Gasteiger partial charge in [0.25, 0.3) is 0 Å². The monoisotopic (exact) mass is 133 g/mol. The molecule has 52 valence electrons. The van der Waals surface area contributed by atoms with Crippen molar-refractivity contribution in [2.75, 3.05) is 13.2 Å². The molecule has 0 rings (SSSR count). The average molecular weight is 133 g/mol. The predicted molar refractivity (Wildman–Crippen MR) is 27.2 cm³/mol. The summed E-state index contributed by atoms with van der Waals surface area (Å²) in [5.41, 5.74) is 4.48. The van der Waals surface area contributed by atoms with Crippen LogP contribution in [0.25, 0.3) is 0 Å². The summed E-state index contributed by atoms with van der Waals surface area (Å²) in [4.78, 5) is 20.0. The van der Waals surface area contributed by atoms with Crippen LogP contribution < -0.4 is 5.73 Å². The van der Waals surface area contributed by atoms with Crippen LogP contribution in [0.4, 0.5) is 0 Å². The van der Waals surface area contributed by atoms with E-state index in [0.717, 1.165) is 0 Å². The van der Waals surface area contributed by atoms with E-state index in [1.54, 1.807) is 0 Å². The molecule has 0 radical (unpaired) electrons. The third-order valence-electron chi connectivity index (χ3n) is 0.526. The van der Waals surface area contributed by atoms with Gasteiger partial charge in [0.1, 0.15) is 6.61 Å². The maximum atomic E-state index is 10.1. The maximum absolute atomic E-state index is 10.1. The largest absolute Gasteiger partial charge is 0.456 e. The van der Waals surface area contributed by atoms with Crippen molar-refractivity contribution in [3.63, 3.8) is 0 Å². The average Bonchev–Trinajstić information content (AvgIpc) is 1.82. The fourth-order valence-electron chi connectivity index (χ4n) is 0.209. The number of nitrogens with two attached hydrogens (primary N) is 1. The summed E-state index contributed by atoms with van der Waals surface area (Å²) in [5.74, 6) is -2.27. The molecule has 5 nitrogen and oxygen atoms in total. The first-order chi connectivity index (χ1) is 4.18. The second-order valence-electron chi connectivity index (χ2n) is 1.22. The lowest BCUT2D eigenvalue weighted by Gasteiger charge is -1.95. The van der Waals surface area contributed by atoms with Crippen LogP contribution in [0, 0.1) is 0 Å². The zero-order valence-electron chi connectivity index (χ0n) is 4.66. The molecular weight excluding hydrogens is 126 g/mol. The molecule has 0 aliphatic heterocycles. The van der Waals surface area contributed by atoms with E-state index in [9.17, 15) is 9.59 Å². The zero-order valence-corrected chi connectivity index (χ0v) is 4.66. The maximum Gasteiger partial charge on any atom is 0.396 e. The summed E-state index contributed by atoms with van der Waals surface area (Å²) >= 11 is 0. The molecule has 0 fully saturated rings. The molecule has 0 atom stereocenters. The lowest BCUT2D eigenvalue weighted by Crippen LogP contribution is -2.26. The molecule has 0 spiro atoms. The van der Waals surface area contributed by atoms with Gasteiger partial charge in [-0.1, -0.05) is 0 Å². The molecule has 0 saturated heterocycles. The molecule has 0 aromatic rings. The fourth-order valence-corrected chi connectivity index (χ4v) is 0.209. The van der Waals surface area contributed by atoms with Crippen LogP contribution in [0.5, 0.6) is 0 Å². The number of amides is 1. The van der Waals surface area contributed by atoms with Crippen LogP contribution in [0.3, 0.4) is 0 Å². The summed E-state index contributed by atoms with van der Waals surface area (Å²) in [5, 5.41) is 8.07.